The first-order valence-electron chi connectivity index (χ1n) is 13.1. The minimum atomic E-state index is -0.380. The van der Waals surface area contributed by atoms with E-state index >= 15 is 0 Å². The summed E-state index contributed by atoms with van der Waals surface area (Å²) in [6.07, 6.45) is 3.77. The minimum absolute atomic E-state index is 0.0293. The predicted molar refractivity (Wildman–Crippen MR) is 160 cm³/mol. The maximum absolute atomic E-state index is 12.3. The number of aryl methyl sites for hydroxylation is 1. The zero-order chi connectivity index (χ0) is 28.4. The van der Waals surface area contributed by atoms with Gasteiger partial charge in [0.2, 0.25) is 5.91 Å². The smallest absolute Gasteiger partial charge is 0.337 e. The molecule has 1 aliphatic rings. The molecule has 4 aromatic rings. The van der Waals surface area contributed by atoms with Crippen molar-refractivity contribution in [2.45, 2.75) is 32.9 Å². The lowest BCUT2D eigenvalue weighted by Gasteiger charge is -2.29. The Labute approximate surface area is 239 Å². The van der Waals surface area contributed by atoms with Gasteiger partial charge in [0, 0.05) is 41.1 Å². The molecule has 3 heterocycles. The van der Waals surface area contributed by atoms with Crippen LogP contribution in [0.4, 0.5) is 11.4 Å². The molecule has 0 aliphatic carbocycles. The number of methoxy groups -OCH3 is 1. The van der Waals surface area contributed by atoms with Crippen molar-refractivity contribution in [1.82, 2.24) is 14.9 Å². The van der Waals surface area contributed by atoms with Crippen LogP contribution in [0.15, 0.2) is 85.2 Å². The number of nitrogens with one attached hydrogen (secondary N) is 2. The highest BCUT2D eigenvalue weighted by Crippen LogP contribution is 2.43. The van der Waals surface area contributed by atoms with E-state index in [2.05, 4.69) is 31.2 Å². The summed E-state index contributed by atoms with van der Waals surface area (Å²) in [6, 6.07) is 22.7. The quantitative estimate of drug-likeness (QED) is 0.223. The van der Waals surface area contributed by atoms with Crippen LogP contribution in [0.5, 0.6) is 0 Å². The normalized spacial score (nSPS) is 16.6. The monoisotopic (exact) mass is 553 g/mol. The number of carbonyl (C=O) groups excluding carboxylic acids is 2. The molecule has 1 saturated heterocycles. The number of amides is 1. The van der Waals surface area contributed by atoms with E-state index in [-0.39, 0.29) is 29.9 Å². The van der Waals surface area contributed by atoms with Crippen LogP contribution >= 0.6 is 12.2 Å². The molecule has 8 nitrogen and oxygen atoms in total. The number of aromatic nitrogens is 2. The van der Waals surface area contributed by atoms with Gasteiger partial charge in [0.1, 0.15) is 6.04 Å². The van der Waals surface area contributed by atoms with Crippen LogP contribution in [0.1, 0.15) is 53.2 Å². The molecule has 1 amide bonds. The topological polar surface area (TPSA) is 88.5 Å². The maximum atomic E-state index is 12.3. The minimum Gasteiger partial charge on any atom is -0.465 e. The summed E-state index contributed by atoms with van der Waals surface area (Å²) in [5, 5.41) is 7.08. The molecule has 0 spiro atoms. The SMILES string of the molecule is COC(=O)c1ccc(-n2cccc2[C@H]2[C@H](c3ccccn3)NC(=S)N2c2ccc(NC(=O)C(C)C)c(C)c2)cc1. The maximum Gasteiger partial charge on any atom is 0.337 e. The second-order valence-electron chi connectivity index (χ2n) is 9.98. The van der Waals surface area contributed by atoms with E-state index in [1.807, 2.05) is 81.6 Å². The lowest BCUT2D eigenvalue weighted by molar-refractivity contribution is -0.118. The van der Waals surface area contributed by atoms with Crippen LogP contribution in [0.25, 0.3) is 5.69 Å². The van der Waals surface area contributed by atoms with Gasteiger partial charge in [-0.2, -0.15) is 0 Å². The molecule has 0 unspecified atom stereocenters. The first-order valence-corrected chi connectivity index (χ1v) is 13.5. The number of carbonyl (C=O) groups is 2. The van der Waals surface area contributed by atoms with Gasteiger partial charge in [-0.15, -0.1) is 0 Å². The number of nitrogens with zero attached hydrogens (tertiary/aromatic N) is 3. The Bertz CT molecular complexity index is 1550. The molecular formula is C31H31N5O3S. The lowest BCUT2D eigenvalue weighted by Crippen LogP contribution is -2.30. The van der Waals surface area contributed by atoms with Gasteiger partial charge in [0.05, 0.1) is 24.4 Å². The van der Waals surface area contributed by atoms with E-state index in [9.17, 15) is 9.59 Å². The van der Waals surface area contributed by atoms with Crippen molar-refractivity contribution in [2.24, 2.45) is 5.92 Å². The van der Waals surface area contributed by atoms with Gasteiger partial charge in [-0.3, -0.25) is 9.78 Å². The molecule has 1 aliphatic heterocycles. The van der Waals surface area contributed by atoms with Gasteiger partial charge in [0.25, 0.3) is 0 Å². The average molecular weight is 554 g/mol. The Morgan fingerprint density at radius 1 is 1.02 bits per heavy atom. The van der Waals surface area contributed by atoms with Gasteiger partial charge in [-0.25, -0.2) is 4.79 Å². The third-order valence-electron chi connectivity index (χ3n) is 7.02. The standard InChI is InChI=1S/C31H31N5O3S/c1-19(2)29(37)33-24-15-14-23(18-20(24)3)36-28(27(34-31(36)40)25-8-5-6-16-32-25)26-9-7-17-35(26)22-12-10-21(11-13-22)30(38)39-4/h5-19,27-28H,1-4H3,(H,33,37)(H,34,40)/t27-,28-/m0/s1. The second kappa shape index (κ2) is 11.3. The molecular weight excluding hydrogens is 522 g/mol. The highest BCUT2D eigenvalue weighted by atomic mass is 32.1. The Balaban J connectivity index is 1.58. The van der Waals surface area contributed by atoms with Gasteiger partial charge < -0.3 is 24.8 Å². The number of thiocarbonyl (C=S) groups is 1. The fraction of sp³-hybridized carbons (Fsp3) is 0.226. The first-order chi connectivity index (χ1) is 19.3. The van der Waals surface area contributed by atoms with E-state index in [0.717, 1.165) is 34.0 Å². The summed E-state index contributed by atoms with van der Waals surface area (Å²) in [7, 11) is 1.37. The van der Waals surface area contributed by atoms with E-state index in [0.29, 0.717) is 10.7 Å². The fourth-order valence-electron chi connectivity index (χ4n) is 4.89. The summed E-state index contributed by atoms with van der Waals surface area (Å²) in [4.78, 5) is 31.1. The molecule has 2 aromatic heterocycles. The second-order valence-corrected chi connectivity index (χ2v) is 10.4. The van der Waals surface area contributed by atoms with Crippen LogP contribution < -0.4 is 15.5 Å². The largest absolute Gasteiger partial charge is 0.465 e. The molecule has 204 valence electrons. The molecule has 2 atom stereocenters. The van der Waals surface area contributed by atoms with Crippen molar-refractivity contribution in [1.29, 1.82) is 0 Å². The summed E-state index contributed by atoms with van der Waals surface area (Å²) >= 11 is 5.91. The predicted octanol–water partition coefficient (Wildman–Crippen LogP) is 5.74. The average Bonchev–Trinajstić information content (AvgIpc) is 3.58. The highest BCUT2D eigenvalue weighted by molar-refractivity contribution is 7.80. The van der Waals surface area contributed by atoms with E-state index in [1.54, 1.807) is 18.3 Å². The molecule has 40 heavy (non-hydrogen) atoms. The fourth-order valence-corrected chi connectivity index (χ4v) is 5.24. The number of ether oxygens (including phenoxy) is 1. The zero-order valence-electron chi connectivity index (χ0n) is 22.8. The Kier molecular flexibility index (Phi) is 7.66. The summed E-state index contributed by atoms with van der Waals surface area (Å²) in [6.45, 7) is 5.71. The van der Waals surface area contributed by atoms with Gasteiger partial charge in [-0.05, 0) is 91.4 Å². The third-order valence-corrected chi connectivity index (χ3v) is 7.33. The van der Waals surface area contributed by atoms with Crippen LogP contribution in [0, 0.1) is 12.8 Å². The zero-order valence-corrected chi connectivity index (χ0v) is 23.6. The number of pyridine rings is 1. The number of hydrogen-bond donors (Lipinski definition) is 2. The number of benzene rings is 2. The third kappa shape index (κ3) is 5.20. The highest BCUT2D eigenvalue weighted by Gasteiger charge is 2.42. The van der Waals surface area contributed by atoms with Crippen molar-refractivity contribution in [3.05, 3.63) is 108 Å². The van der Waals surface area contributed by atoms with Crippen molar-refractivity contribution in [3.63, 3.8) is 0 Å². The van der Waals surface area contributed by atoms with Crippen LogP contribution in [0.3, 0.4) is 0 Å². The van der Waals surface area contributed by atoms with E-state index < -0.39 is 0 Å². The van der Waals surface area contributed by atoms with Crippen molar-refractivity contribution in [3.8, 4) is 5.69 Å². The summed E-state index contributed by atoms with van der Waals surface area (Å²) < 4.78 is 6.95. The van der Waals surface area contributed by atoms with Gasteiger partial charge >= 0.3 is 5.97 Å². The molecule has 9 heteroatoms. The number of hydrogen-bond acceptors (Lipinski definition) is 5. The molecule has 0 radical (unpaired) electrons. The molecule has 2 aromatic carbocycles. The molecule has 1 fully saturated rings. The van der Waals surface area contributed by atoms with Gasteiger partial charge in [-0.1, -0.05) is 19.9 Å². The number of anilines is 2. The Morgan fingerprint density at radius 3 is 2.42 bits per heavy atom. The molecule has 2 N–H and O–H groups in total. The number of esters is 1. The summed E-state index contributed by atoms with van der Waals surface area (Å²) in [5.41, 5.74) is 5.84. The molecule has 0 bridgehead atoms. The van der Waals surface area contributed by atoms with Crippen LogP contribution in [0.2, 0.25) is 0 Å². The lowest BCUT2D eigenvalue weighted by atomic mass is 10.00. The molecule has 0 saturated carbocycles. The number of rotatable bonds is 7. The van der Waals surface area contributed by atoms with E-state index in [1.165, 1.54) is 7.11 Å². The van der Waals surface area contributed by atoms with Crippen molar-refractivity contribution < 1.29 is 14.3 Å². The van der Waals surface area contributed by atoms with Crippen LogP contribution in [-0.4, -0.2) is 33.6 Å². The molecule has 5 rings (SSSR count). The van der Waals surface area contributed by atoms with Gasteiger partial charge in [0.15, 0.2) is 5.11 Å². The Morgan fingerprint density at radius 2 is 1.77 bits per heavy atom. The summed E-state index contributed by atoms with van der Waals surface area (Å²) in [5.74, 6) is -0.528. The van der Waals surface area contributed by atoms with Crippen LogP contribution in [-0.2, 0) is 9.53 Å². The van der Waals surface area contributed by atoms with E-state index in [4.69, 9.17) is 17.0 Å². The Hall–Kier alpha value is -4.50. The van der Waals surface area contributed by atoms with Crippen molar-refractivity contribution in [2.75, 3.05) is 17.3 Å². The first kappa shape index (κ1) is 27.1. The van der Waals surface area contributed by atoms with Crippen molar-refractivity contribution >= 4 is 40.6 Å².